The van der Waals surface area contributed by atoms with Gasteiger partial charge in [0.15, 0.2) is 5.82 Å². The molecule has 0 atom stereocenters. The van der Waals surface area contributed by atoms with E-state index in [4.69, 9.17) is 4.42 Å². The minimum Gasteiger partial charge on any atom is -0.468 e. The number of rotatable bonds is 3. The minimum atomic E-state index is -0.532. The van der Waals surface area contributed by atoms with Gasteiger partial charge in [0, 0.05) is 25.2 Å². The van der Waals surface area contributed by atoms with Crippen molar-refractivity contribution in [1.82, 2.24) is 15.1 Å². The van der Waals surface area contributed by atoms with E-state index in [2.05, 4.69) is 15.7 Å². The predicted octanol–water partition coefficient (Wildman–Crippen LogP) is 2.49. The molecule has 0 spiro atoms. The van der Waals surface area contributed by atoms with Gasteiger partial charge in [-0.3, -0.25) is 14.3 Å². The van der Waals surface area contributed by atoms with E-state index in [1.54, 1.807) is 10.9 Å². The van der Waals surface area contributed by atoms with Gasteiger partial charge < -0.3 is 15.1 Å². The van der Waals surface area contributed by atoms with Crippen LogP contribution >= 0.6 is 0 Å². The topological polar surface area (TPSA) is 113 Å². The number of hydrogen-bond acceptors (Lipinski definition) is 5. The van der Waals surface area contributed by atoms with Crippen LogP contribution in [0, 0.1) is 16.7 Å². The number of aromatic nitrogens is 2. The Balaban J connectivity index is 1.92. The van der Waals surface area contributed by atoms with Crippen LogP contribution in [0.1, 0.15) is 65.8 Å². The van der Waals surface area contributed by atoms with Gasteiger partial charge in [-0.15, -0.1) is 0 Å². The molecule has 2 aromatic heterocycles. The van der Waals surface area contributed by atoms with Crippen molar-refractivity contribution in [3.63, 3.8) is 0 Å². The third-order valence-electron chi connectivity index (χ3n) is 4.32. The molecule has 0 radical (unpaired) electrons. The highest BCUT2D eigenvalue weighted by Gasteiger charge is 2.33. The van der Waals surface area contributed by atoms with Gasteiger partial charge in [-0.25, -0.2) is 0 Å². The van der Waals surface area contributed by atoms with Gasteiger partial charge in [0.1, 0.15) is 23.7 Å². The van der Waals surface area contributed by atoms with E-state index >= 15 is 0 Å². The number of furan rings is 1. The molecule has 136 valence electrons. The smallest absolute Gasteiger partial charge is 0.260 e. The van der Waals surface area contributed by atoms with Crippen molar-refractivity contribution in [3.8, 4) is 6.07 Å². The Labute approximate surface area is 151 Å². The zero-order valence-corrected chi connectivity index (χ0v) is 15.2. The Morgan fingerprint density at radius 2 is 2.23 bits per heavy atom. The summed E-state index contributed by atoms with van der Waals surface area (Å²) in [7, 11) is 0. The molecule has 8 nitrogen and oxygen atoms in total. The van der Waals surface area contributed by atoms with Gasteiger partial charge in [0.2, 0.25) is 0 Å². The number of nitriles is 1. The molecule has 2 amide bonds. The van der Waals surface area contributed by atoms with Crippen molar-refractivity contribution in [2.24, 2.45) is 5.41 Å². The van der Waals surface area contributed by atoms with E-state index in [1.165, 1.54) is 6.26 Å². The van der Waals surface area contributed by atoms with Crippen LogP contribution in [0.25, 0.3) is 0 Å². The fourth-order valence-corrected chi connectivity index (χ4v) is 2.85. The monoisotopic (exact) mass is 355 g/mol. The van der Waals surface area contributed by atoms with Crippen LogP contribution in [0.2, 0.25) is 0 Å². The molecular formula is C18H21N5O3. The van der Waals surface area contributed by atoms with Crippen LogP contribution in [-0.4, -0.2) is 28.1 Å². The summed E-state index contributed by atoms with van der Waals surface area (Å²) in [6.45, 7) is 8.36. The third kappa shape index (κ3) is 3.20. The Hall–Kier alpha value is -3.08. The number of hydrogen-bond donors (Lipinski definition) is 2. The first kappa shape index (κ1) is 17.7. The molecular weight excluding hydrogens is 334 g/mol. The Bertz CT molecular complexity index is 914. The molecule has 0 unspecified atom stereocenters. The standard InChI is InChI=1S/C18H21N5O3/c1-10(2)23-7-11(6-19)15(22-23)21-16(24)12-8-26-13-5-18(3,4)9-20-17(25)14(12)13/h7-8,10H,5,9H2,1-4H3,(H,20,25)(H,21,22,24). The molecule has 0 aromatic carbocycles. The fraction of sp³-hybridized carbons (Fsp3) is 0.444. The lowest BCUT2D eigenvalue weighted by atomic mass is 9.88. The Kier molecular flexibility index (Phi) is 4.32. The molecule has 3 rings (SSSR count). The third-order valence-corrected chi connectivity index (χ3v) is 4.32. The average molecular weight is 355 g/mol. The molecule has 0 saturated carbocycles. The number of carbonyl (C=O) groups excluding carboxylic acids is 2. The summed E-state index contributed by atoms with van der Waals surface area (Å²) in [5, 5.41) is 18.9. The molecule has 2 N–H and O–H groups in total. The highest BCUT2D eigenvalue weighted by molar-refractivity contribution is 6.12. The zero-order chi connectivity index (χ0) is 19.1. The van der Waals surface area contributed by atoms with Crippen LogP contribution in [0.5, 0.6) is 0 Å². The second-order valence-electron chi connectivity index (χ2n) is 7.50. The molecule has 0 fully saturated rings. The lowest BCUT2D eigenvalue weighted by Gasteiger charge is -2.20. The van der Waals surface area contributed by atoms with Crippen LogP contribution in [-0.2, 0) is 6.42 Å². The number of nitrogens with one attached hydrogen (secondary N) is 2. The molecule has 1 aliphatic rings. The van der Waals surface area contributed by atoms with Crippen LogP contribution in [0.3, 0.4) is 0 Å². The van der Waals surface area contributed by atoms with E-state index < -0.39 is 5.91 Å². The van der Waals surface area contributed by atoms with Crippen LogP contribution in [0.4, 0.5) is 5.82 Å². The summed E-state index contributed by atoms with van der Waals surface area (Å²) in [5.41, 5.74) is 0.469. The first-order chi connectivity index (χ1) is 12.2. The van der Waals surface area contributed by atoms with Crippen molar-refractivity contribution in [3.05, 3.63) is 34.9 Å². The summed E-state index contributed by atoms with van der Waals surface area (Å²) in [4.78, 5) is 25.1. The second kappa shape index (κ2) is 6.33. The lowest BCUT2D eigenvalue weighted by molar-refractivity contribution is 0.0934. The van der Waals surface area contributed by atoms with Crippen LogP contribution in [0.15, 0.2) is 16.9 Å². The first-order valence-corrected chi connectivity index (χ1v) is 8.41. The van der Waals surface area contributed by atoms with Crippen molar-refractivity contribution >= 4 is 17.6 Å². The van der Waals surface area contributed by atoms with Gasteiger partial charge >= 0.3 is 0 Å². The minimum absolute atomic E-state index is 0.0472. The molecule has 2 aromatic rings. The molecule has 0 saturated heterocycles. The van der Waals surface area contributed by atoms with E-state index in [-0.39, 0.29) is 39.9 Å². The first-order valence-electron chi connectivity index (χ1n) is 8.41. The Morgan fingerprint density at radius 3 is 2.88 bits per heavy atom. The predicted molar refractivity (Wildman–Crippen MR) is 93.8 cm³/mol. The summed E-state index contributed by atoms with van der Waals surface area (Å²) < 4.78 is 7.12. The maximum absolute atomic E-state index is 12.7. The quantitative estimate of drug-likeness (QED) is 0.878. The largest absolute Gasteiger partial charge is 0.468 e. The molecule has 0 bridgehead atoms. The van der Waals surface area contributed by atoms with Crippen molar-refractivity contribution in [2.75, 3.05) is 11.9 Å². The SMILES string of the molecule is CC(C)n1cc(C#N)c(NC(=O)c2coc3c2C(=O)NCC(C)(C)C3)n1. The molecule has 8 heteroatoms. The van der Waals surface area contributed by atoms with Crippen LogP contribution < -0.4 is 10.6 Å². The Morgan fingerprint density at radius 1 is 1.50 bits per heavy atom. The molecule has 1 aliphatic heterocycles. The molecule has 0 aliphatic carbocycles. The number of anilines is 1. The van der Waals surface area contributed by atoms with E-state index in [9.17, 15) is 14.9 Å². The molecule has 26 heavy (non-hydrogen) atoms. The highest BCUT2D eigenvalue weighted by Crippen LogP contribution is 2.30. The fourth-order valence-electron chi connectivity index (χ4n) is 2.85. The summed E-state index contributed by atoms with van der Waals surface area (Å²) in [6, 6.07) is 2.06. The summed E-state index contributed by atoms with van der Waals surface area (Å²) in [5.74, 6) is -0.216. The maximum Gasteiger partial charge on any atom is 0.260 e. The van der Waals surface area contributed by atoms with Crippen molar-refractivity contribution < 1.29 is 14.0 Å². The number of nitrogens with zero attached hydrogens (tertiary/aromatic N) is 3. The lowest BCUT2D eigenvalue weighted by Crippen LogP contribution is -2.32. The van der Waals surface area contributed by atoms with E-state index in [0.29, 0.717) is 18.7 Å². The number of amides is 2. The summed E-state index contributed by atoms with van der Waals surface area (Å²) in [6.07, 6.45) is 3.40. The average Bonchev–Trinajstić information content (AvgIpc) is 3.13. The van der Waals surface area contributed by atoms with Gasteiger partial charge in [-0.1, -0.05) is 13.8 Å². The number of carbonyl (C=O) groups is 2. The normalized spacial score (nSPS) is 15.8. The molecule has 3 heterocycles. The van der Waals surface area contributed by atoms with Gasteiger partial charge in [0.05, 0.1) is 11.1 Å². The summed E-state index contributed by atoms with van der Waals surface area (Å²) >= 11 is 0. The number of fused-ring (bicyclic) bond motifs is 1. The van der Waals surface area contributed by atoms with Crippen molar-refractivity contribution in [2.45, 2.75) is 40.2 Å². The maximum atomic E-state index is 12.7. The zero-order valence-electron chi connectivity index (χ0n) is 15.2. The van der Waals surface area contributed by atoms with E-state index in [1.807, 2.05) is 33.8 Å². The van der Waals surface area contributed by atoms with Gasteiger partial charge in [0.25, 0.3) is 11.8 Å². The van der Waals surface area contributed by atoms with Gasteiger partial charge in [-0.05, 0) is 19.3 Å². The van der Waals surface area contributed by atoms with Crippen molar-refractivity contribution in [1.29, 1.82) is 5.26 Å². The highest BCUT2D eigenvalue weighted by atomic mass is 16.3. The van der Waals surface area contributed by atoms with Gasteiger partial charge in [-0.2, -0.15) is 10.4 Å². The second-order valence-corrected chi connectivity index (χ2v) is 7.50. The van der Waals surface area contributed by atoms with E-state index in [0.717, 1.165) is 0 Å².